The van der Waals surface area contributed by atoms with Crippen LogP contribution in [0.1, 0.15) is 50.8 Å². The van der Waals surface area contributed by atoms with Gasteiger partial charge >= 0.3 is 6.09 Å². The molecule has 1 saturated carbocycles. The van der Waals surface area contributed by atoms with Crippen LogP contribution in [-0.4, -0.2) is 46.1 Å². The lowest BCUT2D eigenvalue weighted by Gasteiger charge is -2.32. The normalized spacial score (nSPS) is 14.2. The molecule has 3 N–H and O–H groups in total. The quantitative estimate of drug-likeness (QED) is 0.569. The van der Waals surface area contributed by atoms with Crippen LogP contribution >= 0.6 is 0 Å². The first-order chi connectivity index (χ1) is 15.6. The summed E-state index contributed by atoms with van der Waals surface area (Å²) in [6, 6.07) is 14.7. The fourth-order valence-corrected chi connectivity index (χ4v) is 3.44. The fourth-order valence-electron chi connectivity index (χ4n) is 3.44. The molecule has 0 bridgehead atoms. The van der Waals surface area contributed by atoms with E-state index in [1.807, 2.05) is 30.3 Å². The number of ether oxygens (including phenoxy) is 1. The lowest BCUT2D eigenvalue weighted by atomic mass is 10.0. The summed E-state index contributed by atoms with van der Waals surface area (Å²) in [6.07, 6.45) is 0.860. The van der Waals surface area contributed by atoms with Crippen LogP contribution < -0.4 is 10.6 Å². The maximum Gasteiger partial charge on any atom is 0.408 e. The number of amides is 3. The molecule has 33 heavy (non-hydrogen) atoms. The van der Waals surface area contributed by atoms with Crippen molar-refractivity contribution < 1.29 is 24.2 Å². The average Bonchev–Trinajstić information content (AvgIpc) is 3.59. The molecular weight excluding hydrogens is 422 g/mol. The van der Waals surface area contributed by atoms with Crippen LogP contribution in [0.15, 0.2) is 54.6 Å². The molecule has 0 aromatic heterocycles. The van der Waals surface area contributed by atoms with Crippen molar-refractivity contribution in [1.29, 1.82) is 0 Å². The summed E-state index contributed by atoms with van der Waals surface area (Å²) in [7, 11) is 0. The highest BCUT2D eigenvalue weighted by Gasteiger charge is 2.41. The van der Waals surface area contributed by atoms with E-state index in [9.17, 15) is 19.5 Å². The van der Waals surface area contributed by atoms with Gasteiger partial charge in [0, 0.05) is 12.6 Å². The smallest absolute Gasteiger partial charge is 0.408 e. The highest BCUT2D eigenvalue weighted by Crippen LogP contribution is 2.35. The minimum absolute atomic E-state index is 0.0677. The summed E-state index contributed by atoms with van der Waals surface area (Å²) in [5.41, 5.74) is 0.831. The van der Waals surface area contributed by atoms with E-state index in [1.54, 1.807) is 32.9 Å². The Balaban J connectivity index is 1.78. The predicted molar refractivity (Wildman–Crippen MR) is 123 cm³/mol. The number of hydrogen-bond donors (Lipinski definition) is 3. The third-order valence-electron chi connectivity index (χ3n) is 5.06. The van der Waals surface area contributed by atoms with Gasteiger partial charge in [-0.1, -0.05) is 42.5 Å². The van der Waals surface area contributed by atoms with Crippen LogP contribution in [0.25, 0.3) is 0 Å². The summed E-state index contributed by atoms with van der Waals surface area (Å²) in [6.45, 7) is 5.25. The van der Waals surface area contributed by atoms with Crippen molar-refractivity contribution >= 4 is 17.9 Å². The number of benzene rings is 2. The highest BCUT2D eigenvalue weighted by atomic mass is 16.6. The van der Waals surface area contributed by atoms with Gasteiger partial charge in [0.05, 0.1) is 0 Å². The van der Waals surface area contributed by atoms with Gasteiger partial charge in [0.1, 0.15) is 23.9 Å². The van der Waals surface area contributed by atoms with E-state index in [0.717, 1.165) is 18.4 Å². The van der Waals surface area contributed by atoms with Crippen LogP contribution in [0, 0.1) is 0 Å². The van der Waals surface area contributed by atoms with Crippen molar-refractivity contribution in [2.24, 2.45) is 0 Å². The van der Waals surface area contributed by atoms with Crippen LogP contribution in [0.5, 0.6) is 5.75 Å². The molecule has 3 rings (SSSR count). The Morgan fingerprint density at radius 2 is 1.67 bits per heavy atom. The summed E-state index contributed by atoms with van der Waals surface area (Å²) in [4.78, 5) is 40.1. The number of alkyl carbamates (subject to hydrolysis) is 1. The van der Waals surface area contributed by atoms with Crippen molar-refractivity contribution in [2.45, 2.75) is 57.8 Å². The largest absolute Gasteiger partial charge is 0.508 e. The third kappa shape index (κ3) is 7.24. The van der Waals surface area contributed by atoms with Crippen LogP contribution in [0.4, 0.5) is 4.79 Å². The van der Waals surface area contributed by atoms with Gasteiger partial charge in [-0.3, -0.25) is 9.59 Å². The predicted octanol–water partition coefficient (Wildman–Crippen LogP) is 3.27. The molecule has 1 atom stereocenters. The van der Waals surface area contributed by atoms with Crippen molar-refractivity contribution in [2.75, 3.05) is 6.54 Å². The maximum atomic E-state index is 13.3. The molecule has 1 unspecified atom stereocenters. The summed E-state index contributed by atoms with van der Waals surface area (Å²) in [5.74, 6) is -0.642. The van der Waals surface area contributed by atoms with Gasteiger partial charge in [-0.2, -0.15) is 0 Å². The van der Waals surface area contributed by atoms with Gasteiger partial charge in [0.15, 0.2) is 0 Å². The standard InChI is InChI=1S/C25H31N3O5/c1-25(2,3)33-24(32)27-16-21(30)28(19-11-12-19)22(18-9-13-20(29)14-10-18)23(31)26-15-17-7-5-4-6-8-17/h4-10,13-14,19,22,29H,11-12,15-16H2,1-3H3,(H,26,31)(H,27,32). The average molecular weight is 454 g/mol. The second-order valence-electron chi connectivity index (χ2n) is 9.09. The van der Waals surface area contributed by atoms with Gasteiger partial charge in [-0.05, 0) is 56.9 Å². The molecule has 1 fully saturated rings. The molecule has 0 spiro atoms. The lowest BCUT2D eigenvalue weighted by molar-refractivity contribution is -0.141. The highest BCUT2D eigenvalue weighted by molar-refractivity contribution is 5.90. The molecule has 0 heterocycles. The second-order valence-corrected chi connectivity index (χ2v) is 9.09. The van der Waals surface area contributed by atoms with E-state index in [-0.39, 0.29) is 30.2 Å². The Bertz CT molecular complexity index is 966. The Morgan fingerprint density at radius 1 is 1.03 bits per heavy atom. The van der Waals surface area contributed by atoms with Crippen LogP contribution in [0.3, 0.4) is 0 Å². The van der Waals surface area contributed by atoms with Crippen molar-refractivity contribution in [3.8, 4) is 5.75 Å². The Labute approximate surface area is 193 Å². The molecular formula is C25H31N3O5. The van der Waals surface area contributed by atoms with Gasteiger partial charge in [0.2, 0.25) is 11.8 Å². The van der Waals surface area contributed by atoms with Crippen molar-refractivity contribution in [3.05, 3.63) is 65.7 Å². The SMILES string of the molecule is CC(C)(C)OC(=O)NCC(=O)N(C1CC1)C(C(=O)NCc1ccccc1)c1ccc(O)cc1. The van der Waals surface area contributed by atoms with Crippen LogP contribution in [-0.2, 0) is 20.9 Å². The van der Waals surface area contributed by atoms with Gasteiger partial charge in [0.25, 0.3) is 0 Å². The van der Waals surface area contributed by atoms with Gasteiger partial charge in [-0.15, -0.1) is 0 Å². The molecule has 0 saturated heterocycles. The van der Waals surface area contributed by atoms with Gasteiger partial charge in [-0.25, -0.2) is 4.79 Å². The summed E-state index contributed by atoms with van der Waals surface area (Å²) in [5, 5.41) is 15.1. The van der Waals surface area contributed by atoms with Gasteiger partial charge < -0.3 is 25.4 Å². The first-order valence-corrected chi connectivity index (χ1v) is 11.0. The number of phenols is 1. The van der Waals surface area contributed by atoms with E-state index in [2.05, 4.69) is 10.6 Å². The van der Waals surface area contributed by atoms with E-state index < -0.39 is 17.7 Å². The van der Waals surface area contributed by atoms with E-state index in [1.165, 1.54) is 17.0 Å². The second kappa shape index (κ2) is 10.4. The number of phenolic OH excluding ortho intramolecular Hbond substituents is 1. The molecule has 1 aliphatic rings. The number of carbonyl (C=O) groups excluding carboxylic acids is 3. The minimum atomic E-state index is -0.894. The Hall–Kier alpha value is -3.55. The number of carbonyl (C=O) groups is 3. The number of hydrogen-bond acceptors (Lipinski definition) is 5. The molecule has 8 heteroatoms. The summed E-state index contributed by atoms with van der Waals surface area (Å²) >= 11 is 0. The fraction of sp³-hybridized carbons (Fsp3) is 0.400. The van der Waals surface area contributed by atoms with E-state index >= 15 is 0 Å². The van der Waals surface area contributed by atoms with Crippen LogP contribution in [0.2, 0.25) is 0 Å². The van der Waals surface area contributed by atoms with E-state index in [4.69, 9.17) is 4.74 Å². The van der Waals surface area contributed by atoms with E-state index in [0.29, 0.717) is 12.1 Å². The zero-order chi connectivity index (χ0) is 24.0. The molecule has 3 amide bonds. The number of nitrogens with zero attached hydrogens (tertiary/aromatic N) is 1. The molecule has 1 aliphatic carbocycles. The number of nitrogens with one attached hydrogen (secondary N) is 2. The lowest BCUT2D eigenvalue weighted by Crippen LogP contribution is -2.48. The first-order valence-electron chi connectivity index (χ1n) is 11.0. The molecule has 0 aliphatic heterocycles. The molecule has 2 aromatic carbocycles. The molecule has 8 nitrogen and oxygen atoms in total. The zero-order valence-electron chi connectivity index (χ0n) is 19.2. The third-order valence-corrected chi connectivity index (χ3v) is 5.06. The molecule has 0 radical (unpaired) electrons. The van der Waals surface area contributed by atoms with Crippen molar-refractivity contribution in [3.63, 3.8) is 0 Å². The monoisotopic (exact) mass is 453 g/mol. The molecule has 2 aromatic rings. The minimum Gasteiger partial charge on any atom is -0.508 e. The number of aromatic hydroxyl groups is 1. The Kier molecular flexibility index (Phi) is 7.58. The number of rotatable bonds is 8. The van der Waals surface area contributed by atoms with Crippen molar-refractivity contribution in [1.82, 2.24) is 15.5 Å². The summed E-state index contributed by atoms with van der Waals surface area (Å²) < 4.78 is 5.21. The molecule has 176 valence electrons. The maximum absolute atomic E-state index is 13.3. The first kappa shape index (κ1) is 24.1. The Morgan fingerprint density at radius 3 is 2.24 bits per heavy atom. The zero-order valence-corrected chi connectivity index (χ0v) is 19.2. The topological polar surface area (TPSA) is 108 Å².